The van der Waals surface area contributed by atoms with Crippen LogP contribution in [0, 0.1) is 13.8 Å². The van der Waals surface area contributed by atoms with Crippen molar-refractivity contribution in [3.63, 3.8) is 0 Å². The number of benzene rings is 1. The van der Waals surface area contributed by atoms with Gasteiger partial charge in [-0.25, -0.2) is 0 Å². The molecule has 1 aliphatic heterocycles. The first kappa shape index (κ1) is 17.5. The molecular formula is C20H26N2O3. The Morgan fingerprint density at radius 2 is 1.96 bits per heavy atom. The summed E-state index contributed by atoms with van der Waals surface area (Å²) in [5.41, 5.74) is 1.02. The smallest absolute Gasteiger partial charge is 0.258 e. The number of rotatable bonds is 7. The zero-order chi connectivity index (χ0) is 17.6. The summed E-state index contributed by atoms with van der Waals surface area (Å²) in [7, 11) is 0. The predicted molar refractivity (Wildman–Crippen MR) is 96.7 cm³/mol. The normalized spacial score (nSPS) is 15.9. The van der Waals surface area contributed by atoms with Gasteiger partial charge in [-0.1, -0.05) is 18.2 Å². The number of ether oxygens (including phenoxy) is 1. The number of amides is 1. The lowest BCUT2D eigenvalue weighted by molar-refractivity contribution is -0.123. The van der Waals surface area contributed by atoms with Gasteiger partial charge in [0.25, 0.3) is 5.91 Å². The van der Waals surface area contributed by atoms with E-state index < -0.39 is 0 Å². The van der Waals surface area contributed by atoms with Gasteiger partial charge in [0, 0.05) is 6.54 Å². The zero-order valence-corrected chi connectivity index (χ0v) is 15.0. The lowest BCUT2D eigenvalue weighted by Crippen LogP contribution is -2.38. The molecule has 0 radical (unpaired) electrons. The van der Waals surface area contributed by atoms with E-state index >= 15 is 0 Å². The summed E-state index contributed by atoms with van der Waals surface area (Å²) in [6.45, 7) is 6.55. The SMILES string of the molecule is Cc1ccc(C(CNC(=O)COc2ccccc2C)N2CCCC2)o1. The second-order valence-electron chi connectivity index (χ2n) is 6.57. The van der Waals surface area contributed by atoms with Crippen molar-refractivity contribution in [3.05, 3.63) is 53.5 Å². The fourth-order valence-electron chi connectivity index (χ4n) is 3.22. The summed E-state index contributed by atoms with van der Waals surface area (Å²) in [4.78, 5) is 14.6. The van der Waals surface area contributed by atoms with Crippen LogP contribution >= 0.6 is 0 Å². The number of likely N-dealkylation sites (tertiary alicyclic amines) is 1. The molecule has 0 aliphatic carbocycles. The fourth-order valence-corrected chi connectivity index (χ4v) is 3.22. The molecule has 2 heterocycles. The molecule has 0 spiro atoms. The van der Waals surface area contributed by atoms with Crippen molar-refractivity contribution >= 4 is 5.91 Å². The molecule has 1 fully saturated rings. The van der Waals surface area contributed by atoms with Gasteiger partial charge in [-0.15, -0.1) is 0 Å². The van der Waals surface area contributed by atoms with Crippen molar-refractivity contribution in [2.75, 3.05) is 26.2 Å². The molecular weight excluding hydrogens is 316 g/mol. The molecule has 1 atom stereocenters. The molecule has 5 heteroatoms. The minimum absolute atomic E-state index is 0.0226. The van der Waals surface area contributed by atoms with Crippen molar-refractivity contribution in [1.29, 1.82) is 0 Å². The van der Waals surface area contributed by atoms with Crippen molar-refractivity contribution in [1.82, 2.24) is 10.2 Å². The van der Waals surface area contributed by atoms with Crippen LogP contribution in [0.3, 0.4) is 0 Å². The highest BCUT2D eigenvalue weighted by molar-refractivity contribution is 5.77. The standard InChI is InChI=1S/C20H26N2O3/c1-15-7-3-4-8-18(15)24-14-20(23)21-13-17(22-11-5-6-12-22)19-10-9-16(2)25-19/h3-4,7-10,17H,5-6,11-14H2,1-2H3,(H,21,23). The summed E-state index contributed by atoms with van der Waals surface area (Å²) in [6.07, 6.45) is 2.39. The second-order valence-corrected chi connectivity index (χ2v) is 6.57. The average molecular weight is 342 g/mol. The highest BCUT2D eigenvalue weighted by Gasteiger charge is 2.26. The quantitative estimate of drug-likeness (QED) is 0.839. The fraction of sp³-hybridized carbons (Fsp3) is 0.450. The van der Waals surface area contributed by atoms with E-state index in [0.717, 1.165) is 35.9 Å². The van der Waals surface area contributed by atoms with Gasteiger partial charge in [-0.05, 0) is 63.5 Å². The van der Waals surface area contributed by atoms with Crippen LogP contribution in [-0.2, 0) is 4.79 Å². The lowest BCUT2D eigenvalue weighted by Gasteiger charge is -2.26. The Kier molecular flexibility index (Phi) is 5.76. The molecule has 3 rings (SSSR count). The minimum Gasteiger partial charge on any atom is -0.484 e. The largest absolute Gasteiger partial charge is 0.484 e. The molecule has 2 aromatic rings. The number of hydrogen-bond donors (Lipinski definition) is 1. The van der Waals surface area contributed by atoms with Crippen LogP contribution in [0.4, 0.5) is 0 Å². The van der Waals surface area contributed by atoms with Gasteiger partial charge < -0.3 is 14.5 Å². The Morgan fingerprint density at radius 1 is 1.20 bits per heavy atom. The van der Waals surface area contributed by atoms with Crippen LogP contribution in [-0.4, -0.2) is 37.0 Å². The number of nitrogens with one attached hydrogen (secondary N) is 1. The number of furan rings is 1. The maximum atomic E-state index is 12.2. The molecule has 1 aromatic carbocycles. The van der Waals surface area contributed by atoms with Crippen LogP contribution < -0.4 is 10.1 Å². The number of para-hydroxylation sites is 1. The van der Waals surface area contributed by atoms with E-state index in [0.29, 0.717) is 6.54 Å². The van der Waals surface area contributed by atoms with Gasteiger partial charge in [-0.2, -0.15) is 0 Å². The van der Waals surface area contributed by atoms with Crippen LogP contribution in [0.5, 0.6) is 5.75 Å². The maximum Gasteiger partial charge on any atom is 0.258 e. The third kappa shape index (κ3) is 4.63. The van der Waals surface area contributed by atoms with Gasteiger partial charge in [0.05, 0.1) is 6.04 Å². The second kappa shape index (κ2) is 8.21. The first-order valence-corrected chi connectivity index (χ1v) is 8.89. The summed E-state index contributed by atoms with van der Waals surface area (Å²) in [5, 5.41) is 2.99. The van der Waals surface area contributed by atoms with Gasteiger partial charge in [-0.3, -0.25) is 9.69 Å². The molecule has 134 valence electrons. The highest BCUT2D eigenvalue weighted by atomic mass is 16.5. The van der Waals surface area contributed by atoms with E-state index in [1.165, 1.54) is 12.8 Å². The Hall–Kier alpha value is -2.27. The van der Waals surface area contributed by atoms with Gasteiger partial charge in [0.1, 0.15) is 17.3 Å². The molecule has 1 N–H and O–H groups in total. The molecule has 1 unspecified atom stereocenters. The van der Waals surface area contributed by atoms with Gasteiger partial charge in [0.15, 0.2) is 6.61 Å². The van der Waals surface area contributed by atoms with E-state index in [4.69, 9.17) is 9.15 Å². The summed E-state index contributed by atoms with van der Waals surface area (Å²) in [5.74, 6) is 2.44. The Labute approximate surface area is 149 Å². The lowest BCUT2D eigenvalue weighted by atomic mass is 10.2. The predicted octanol–water partition coefficient (Wildman–Crippen LogP) is 3.23. The number of carbonyl (C=O) groups is 1. The molecule has 1 saturated heterocycles. The van der Waals surface area contributed by atoms with E-state index in [1.54, 1.807) is 0 Å². The Morgan fingerprint density at radius 3 is 2.64 bits per heavy atom. The Bertz CT molecular complexity index is 704. The van der Waals surface area contributed by atoms with Crippen LogP contribution in [0.15, 0.2) is 40.8 Å². The monoisotopic (exact) mass is 342 g/mol. The van der Waals surface area contributed by atoms with Crippen LogP contribution in [0.1, 0.15) is 36.0 Å². The highest BCUT2D eigenvalue weighted by Crippen LogP contribution is 2.26. The van der Waals surface area contributed by atoms with Crippen molar-refractivity contribution in [2.45, 2.75) is 32.7 Å². The van der Waals surface area contributed by atoms with E-state index in [9.17, 15) is 4.79 Å². The molecule has 0 bridgehead atoms. The molecule has 0 saturated carbocycles. The first-order valence-electron chi connectivity index (χ1n) is 8.89. The topological polar surface area (TPSA) is 54.7 Å². The third-order valence-corrected chi connectivity index (χ3v) is 4.62. The Balaban J connectivity index is 1.55. The number of carbonyl (C=O) groups excluding carboxylic acids is 1. The third-order valence-electron chi connectivity index (χ3n) is 4.62. The van der Waals surface area contributed by atoms with Crippen LogP contribution in [0.2, 0.25) is 0 Å². The van der Waals surface area contributed by atoms with Crippen molar-refractivity contribution < 1.29 is 13.9 Å². The van der Waals surface area contributed by atoms with Gasteiger partial charge >= 0.3 is 0 Å². The summed E-state index contributed by atoms with van der Waals surface area (Å²) >= 11 is 0. The molecule has 5 nitrogen and oxygen atoms in total. The van der Waals surface area contributed by atoms with Crippen molar-refractivity contribution in [3.8, 4) is 5.75 Å². The molecule has 1 aliphatic rings. The molecule has 25 heavy (non-hydrogen) atoms. The van der Waals surface area contributed by atoms with E-state index in [1.807, 2.05) is 50.2 Å². The molecule has 1 aromatic heterocycles. The summed E-state index contributed by atoms with van der Waals surface area (Å²) in [6, 6.07) is 11.8. The van der Waals surface area contributed by atoms with Crippen molar-refractivity contribution in [2.24, 2.45) is 0 Å². The van der Waals surface area contributed by atoms with E-state index in [2.05, 4.69) is 10.2 Å². The number of aryl methyl sites for hydroxylation is 2. The zero-order valence-electron chi connectivity index (χ0n) is 15.0. The maximum absolute atomic E-state index is 12.2. The van der Waals surface area contributed by atoms with E-state index in [-0.39, 0.29) is 18.6 Å². The average Bonchev–Trinajstić information content (AvgIpc) is 3.27. The minimum atomic E-state index is -0.115. The first-order chi connectivity index (χ1) is 12.1. The van der Waals surface area contributed by atoms with Gasteiger partial charge in [0.2, 0.25) is 0 Å². The van der Waals surface area contributed by atoms with Crippen LogP contribution in [0.25, 0.3) is 0 Å². The summed E-state index contributed by atoms with van der Waals surface area (Å²) < 4.78 is 11.4. The number of hydrogen-bond acceptors (Lipinski definition) is 4. The molecule has 1 amide bonds. The number of nitrogens with zero attached hydrogens (tertiary/aromatic N) is 1.